The van der Waals surface area contributed by atoms with Crippen LogP contribution in [0.3, 0.4) is 0 Å². The fraction of sp³-hybridized carbons (Fsp3) is 0.148. The van der Waals surface area contributed by atoms with Crippen LogP contribution in [0.25, 0.3) is 11.0 Å². The molecule has 0 saturated carbocycles. The Kier molecular flexibility index (Phi) is 6.64. The van der Waals surface area contributed by atoms with E-state index in [0.29, 0.717) is 17.4 Å². The molecule has 4 aromatic rings. The van der Waals surface area contributed by atoms with E-state index in [1.807, 2.05) is 67.6 Å². The van der Waals surface area contributed by atoms with Crippen molar-refractivity contribution in [2.45, 2.75) is 19.3 Å². The number of rotatable bonds is 7. The number of nitrogens with zero attached hydrogens (tertiary/aromatic N) is 1. The van der Waals surface area contributed by atoms with Gasteiger partial charge in [0.15, 0.2) is 0 Å². The fourth-order valence-electron chi connectivity index (χ4n) is 3.89. The molecule has 0 fully saturated rings. The summed E-state index contributed by atoms with van der Waals surface area (Å²) in [4.78, 5) is 26.1. The number of anilines is 1. The summed E-state index contributed by atoms with van der Waals surface area (Å²) in [5.74, 6) is -1.03. The van der Waals surface area contributed by atoms with Gasteiger partial charge in [-0.15, -0.1) is 0 Å². The normalized spacial score (nSPS) is 12.4. The zero-order chi connectivity index (χ0) is 23.2. The second-order valence-corrected chi connectivity index (χ2v) is 7.66. The lowest BCUT2D eigenvalue weighted by Gasteiger charge is -2.20. The third-order valence-electron chi connectivity index (χ3n) is 5.44. The maximum absolute atomic E-state index is 13.2. The van der Waals surface area contributed by atoms with Gasteiger partial charge in [-0.1, -0.05) is 66.7 Å². The first-order valence-electron chi connectivity index (χ1n) is 10.6. The highest BCUT2D eigenvalue weighted by Gasteiger charge is 2.29. The maximum atomic E-state index is 13.2. The number of methoxy groups -OCH3 is 1. The summed E-state index contributed by atoms with van der Waals surface area (Å²) in [5.41, 5.74) is 5.80. The van der Waals surface area contributed by atoms with Crippen LogP contribution < -0.4 is 11.1 Å². The second kappa shape index (κ2) is 9.96. The van der Waals surface area contributed by atoms with Gasteiger partial charge in [-0.25, -0.2) is 9.59 Å². The summed E-state index contributed by atoms with van der Waals surface area (Å²) in [6, 6.07) is 26.1. The third-order valence-corrected chi connectivity index (χ3v) is 5.44. The molecule has 0 aliphatic heterocycles. The van der Waals surface area contributed by atoms with Crippen LogP contribution in [-0.4, -0.2) is 18.8 Å². The molecule has 1 N–H and O–H groups in total. The van der Waals surface area contributed by atoms with E-state index >= 15 is 0 Å². The topological polar surface area (TPSA) is 80.9 Å². The van der Waals surface area contributed by atoms with Crippen LogP contribution in [0.1, 0.15) is 40.7 Å². The summed E-state index contributed by atoms with van der Waals surface area (Å²) < 4.78 is 10.7. The highest BCUT2D eigenvalue weighted by molar-refractivity contribution is 6.04. The van der Waals surface area contributed by atoms with Crippen LogP contribution in [0.5, 0.6) is 0 Å². The van der Waals surface area contributed by atoms with Crippen molar-refractivity contribution in [2.75, 3.05) is 12.5 Å². The van der Waals surface area contributed by atoms with Gasteiger partial charge in [-0.05, 0) is 37.1 Å². The number of hydrazone groups is 1. The number of esters is 1. The first-order chi connectivity index (χ1) is 16.1. The molecule has 33 heavy (non-hydrogen) atoms. The molecule has 0 bridgehead atoms. The first-order valence-corrected chi connectivity index (χ1v) is 10.6. The predicted octanol–water partition coefficient (Wildman–Crippen LogP) is 5.59. The van der Waals surface area contributed by atoms with Gasteiger partial charge in [-0.3, -0.25) is 5.43 Å². The number of fused-ring (bicyclic) bond motifs is 1. The van der Waals surface area contributed by atoms with E-state index < -0.39 is 17.5 Å². The van der Waals surface area contributed by atoms with E-state index in [1.165, 1.54) is 7.11 Å². The fourth-order valence-corrected chi connectivity index (χ4v) is 3.89. The van der Waals surface area contributed by atoms with E-state index in [9.17, 15) is 9.59 Å². The molecule has 6 nitrogen and oxygen atoms in total. The van der Waals surface area contributed by atoms with Gasteiger partial charge in [0.1, 0.15) is 5.58 Å². The van der Waals surface area contributed by atoms with E-state index in [0.717, 1.165) is 17.0 Å². The average Bonchev–Trinajstić information content (AvgIpc) is 2.86. The Labute approximate surface area is 191 Å². The minimum atomic E-state index is -0.577. The molecule has 1 unspecified atom stereocenters. The number of ether oxygens (including phenoxy) is 1. The van der Waals surface area contributed by atoms with Gasteiger partial charge in [0.05, 0.1) is 23.9 Å². The van der Waals surface area contributed by atoms with Gasteiger partial charge in [-0.2, -0.15) is 5.10 Å². The number of nitrogens with one attached hydrogen (secondary N) is 1. The molecule has 4 rings (SSSR count). The zero-order valence-electron chi connectivity index (χ0n) is 18.4. The molecule has 0 saturated heterocycles. The Morgan fingerprint density at radius 3 is 2.30 bits per heavy atom. The number of hydrogen-bond donors (Lipinski definition) is 1. The Hall–Kier alpha value is -4.19. The van der Waals surface area contributed by atoms with Crippen molar-refractivity contribution in [2.24, 2.45) is 5.10 Å². The largest absolute Gasteiger partial charge is 0.465 e. The minimum Gasteiger partial charge on any atom is -0.465 e. The average molecular weight is 440 g/mol. The lowest BCUT2D eigenvalue weighted by atomic mass is 9.84. The Morgan fingerprint density at radius 1 is 0.970 bits per heavy atom. The summed E-state index contributed by atoms with van der Waals surface area (Å²) in [6.07, 6.45) is 0.400. The third kappa shape index (κ3) is 4.85. The SMILES string of the molecule is COC(=O)c1c(C(CC(C)=NNc2ccccc2)c2ccccc2)c(=O)oc2ccccc12. The molecule has 0 aliphatic carbocycles. The van der Waals surface area contributed by atoms with E-state index in [2.05, 4.69) is 10.5 Å². The molecule has 3 aromatic carbocycles. The highest BCUT2D eigenvalue weighted by atomic mass is 16.5. The van der Waals surface area contributed by atoms with E-state index in [4.69, 9.17) is 9.15 Å². The van der Waals surface area contributed by atoms with Gasteiger partial charge in [0.25, 0.3) is 0 Å². The predicted molar refractivity (Wildman–Crippen MR) is 130 cm³/mol. The Bertz CT molecular complexity index is 1350. The maximum Gasteiger partial charge on any atom is 0.340 e. The van der Waals surface area contributed by atoms with Crippen molar-refractivity contribution in [1.82, 2.24) is 0 Å². The number of benzene rings is 3. The first kappa shape index (κ1) is 22.0. The summed E-state index contributed by atoms with van der Waals surface area (Å²) in [7, 11) is 1.31. The molecule has 0 aliphatic rings. The van der Waals surface area contributed by atoms with Gasteiger partial charge >= 0.3 is 11.6 Å². The van der Waals surface area contributed by atoms with Crippen molar-refractivity contribution in [3.8, 4) is 0 Å². The van der Waals surface area contributed by atoms with Crippen molar-refractivity contribution < 1.29 is 13.9 Å². The monoisotopic (exact) mass is 440 g/mol. The lowest BCUT2D eigenvalue weighted by molar-refractivity contribution is 0.0600. The van der Waals surface area contributed by atoms with Crippen LogP contribution in [0, 0.1) is 0 Å². The van der Waals surface area contributed by atoms with Crippen molar-refractivity contribution in [3.05, 3.63) is 112 Å². The number of carbonyl (C=O) groups is 1. The summed E-state index contributed by atoms with van der Waals surface area (Å²) in [5, 5.41) is 5.03. The van der Waals surface area contributed by atoms with Crippen LogP contribution in [0.15, 0.2) is 99.2 Å². The molecular formula is C27H24N2O4. The Balaban J connectivity index is 1.84. The molecule has 0 spiro atoms. The van der Waals surface area contributed by atoms with Crippen molar-refractivity contribution >= 4 is 28.3 Å². The molecule has 1 heterocycles. The van der Waals surface area contributed by atoms with Gasteiger partial charge in [0, 0.05) is 17.0 Å². The second-order valence-electron chi connectivity index (χ2n) is 7.66. The minimum absolute atomic E-state index is 0.224. The smallest absolute Gasteiger partial charge is 0.340 e. The van der Waals surface area contributed by atoms with Crippen molar-refractivity contribution in [1.29, 1.82) is 0 Å². The van der Waals surface area contributed by atoms with Crippen molar-refractivity contribution in [3.63, 3.8) is 0 Å². The van der Waals surface area contributed by atoms with Gasteiger partial charge < -0.3 is 9.15 Å². The lowest BCUT2D eigenvalue weighted by Crippen LogP contribution is -2.22. The zero-order valence-corrected chi connectivity index (χ0v) is 18.4. The number of para-hydroxylation sites is 2. The highest BCUT2D eigenvalue weighted by Crippen LogP contribution is 2.32. The van der Waals surface area contributed by atoms with Crippen LogP contribution in [0.4, 0.5) is 5.69 Å². The molecule has 0 amide bonds. The van der Waals surface area contributed by atoms with E-state index in [-0.39, 0.29) is 11.1 Å². The van der Waals surface area contributed by atoms with Crippen LogP contribution in [0.2, 0.25) is 0 Å². The summed E-state index contributed by atoms with van der Waals surface area (Å²) in [6.45, 7) is 1.88. The molecular weight excluding hydrogens is 416 g/mol. The van der Waals surface area contributed by atoms with Crippen LogP contribution in [-0.2, 0) is 4.74 Å². The molecule has 1 aromatic heterocycles. The Morgan fingerprint density at radius 2 is 1.61 bits per heavy atom. The van der Waals surface area contributed by atoms with E-state index in [1.54, 1.807) is 24.3 Å². The number of hydrogen-bond acceptors (Lipinski definition) is 6. The molecule has 166 valence electrons. The van der Waals surface area contributed by atoms with Gasteiger partial charge in [0.2, 0.25) is 0 Å². The molecule has 6 heteroatoms. The molecule has 0 radical (unpaired) electrons. The van der Waals surface area contributed by atoms with Crippen LogP contribution >= 0.6 is 0 Å². The quantitative estimate of drug-likeness (QED) is 0.175. The molecule has 1 atom stereocenters. The standard InChI is InChI=1S/C27H24N2O4/c1-18(28-29-20-13-7-4-8-14-20)17-22(19-11-5-3-6-12-19)25-24(26(30)32-2)21-15-9-10-16-23(21)33-27(25)31/h3-16,22,29H,17H2,1-2H3. The number of carbonyl (C=O) groups excluding carboxylic acids is 1. The summed E-state index contributed by atoms with van der Waals surface area (Å²) >= 11 is 0.